The second kappa shape index (κ2) is 6.52. The van der Waals surface area contributed by atoms with Crippen molar-refractivity contribution in [3.05, 3.63) is 23.8 Å². The van der Waals surface area contributed by atoms with Crippen LogP contribution in [0.15, 0.2) is 18.2 Å². The largest absolute Gasteiger partial charge is 0.465 e. The number of amides is 1. The van der Waals surface area contributed by atoms with Crippen molar-refractivity contribution < 1.29 is 24.2 Å². The molecule has 1 amide bonds. The van der Waals surface area contributed by atoms with Crippen LogP contribution in [0.2, 0.25) is 0 Å². The van der Waals surface area contributed by atoms with Crippen LogP contribution < -0.4 is 11.1 Å². The lowest BCUT2D eigenvalue weighted by Crippen LogP contribution is -2.34. The van der Waals surface area contributed by atoms with Gasteiger partial charge in [-0.15, -0.1) is 0 Å². The van der Waals surface area contributed by atoms with Crippen molar-refractivity contribution in [2.45, 2.75) is 12.1 Å². The normalized spacial score (nSPS) is 20.7. The number of benzene rings is 1. The first-order valence-electron chi connectivity index (χ1n) is 6.71. The number of carboxylic acid groups (broad SMARTS) is 1. The van der Waals surface area contributed by atoms with E-state index in [9.17, 15) is 9.59 Å². The van der Waals surface area contributed by atoms with Gasteiger partial charge in [-0.1, -0.05) is 0 Å². The lowest BCUT2D eigenvalue weighted by molar-refractivity contribution is 0.0600. The van der Waals surface area contributed by atoms with Gasteiger partial charge in [0.1, 0.15) is 0 Å². The summed E-state index contributed by atoms with van der Waals surface area (Å²) in [6, 6.07) is 4.49. The molecule has 1 fully saturated rings. The van der Waals surface area contributed by atoms with Gasteiger partial charge in [0.2, 0.25) is 0 Å². The van der Waals surface area contributed by atoms with E-state index in [1.165, 1.54) is 19.1 Å². The zero-order valence-electron chi connectivity index (χ0n) is 12.4. The van der Waals surface area contributed by atoms with Crippen molar-refractivity contribution in [2.24, 2.45) is 0 Å². The number of hydrogen-bond acceptors (Lipinski definition) is 6. The highest BCUT2D eigenvalue weighted by atomic mass is 16.5. The van der Waals surface area contributed by atoms with Gasteiger partial charge in [-0.05, 0) is 18.2 Å². The van der Waals surface area contributed by atoms with Crippen molar-refractivity contribution in [2.75, 3.05) is 38.4 Å². The van der Waals surface area contributed by atoms with Gasteiger partial charge in [0.25, 0.3) is 0 Å². The van der Waals surface area contributed by atoms with E-state index in [0.29, 0.717) is 16.9 Å². The summed E-state index contributed by atoms with van der Waals surface area (Å²) < 4.78 is 9.99. The number of ether oxygens (including phenoxy) is 2. The van der Waals surface area contributed by atoms with Gasteiger partial charge < -0.3 is 30.5 Å². The minimum Gasteiger partial charge on any atom is -0.465 e. The Morgan fingerprint density at radius 3 is 2.68 bits per heavy atom. The van der Waals surface area contributed by atoms with Crippen LogP contribution >= 0.6 is 0 Å². The molecule has 0 aromatic heterocycles. The first-order valence-corrected chi connectivity index (χ1v) is 6.71. The second-order valence-corrected chi connectivity index (χ2v) is 5.01. The maximum atomic E-state index is 11.6. The molecule has 1 heterocycles. The molecule has 0 radical (unpaired) electrons. The van der Waals surface area contributed by atoms with Crippen LogP contribution in [0.25, 0.3) is 0 Å². The summed E-state index contributed by atoms with van der Waals surface area (Å²) in [6.07, 6.45) is -1.29. The van der Waals surface area contributed by atoms with Crippen molar-refractivity contribution in [1.29, 1.82) is 0 Å². The fourth-order valence-electron chi connectivity index (χ4n) is 2.43. The van der Waals surface area contributed by atoms with Crippen LogP contribution in [-0.2, 0) is 9.47 Å². The molecule has 22 heavy (non-hydrogen) atoms. The molecular formula is C14H19N3O5. The summed E-state index contributed by atoms with van der Waals surface area (Å²) >= 11 is 0. The van der Waals surface area contributed by atoms with Gasteiger partial charge in [0, 0.05) is 13.7 Å². The van der Waals surface area contributed by atoms with Gasteiger partial charge in [0.15, 0.2) is 0 Å². The number of nitrogens with zero attached hydrogens (tertiary/aromatic N) is 1. The Morgan fingerprint density at radius 1 is 1.36 bits per heavy atom. The fraction of sp³-hybridized carbons (Fsp3) is 0.429. The summed E-state index contributed by atoms with van der Waals surface area (Å²) in [7, 11) is 2.83. The third-order valence-corrected chi connectivity index (χ3v) is 3.65. The topological polar surface area (TPSA) is 114 Å². The monoisotopic (exact) mass is 309 g/mol. The van der Waals surface area contributed by atoms with E-state index in [2.05, 4.69) is 10.1 Å². The van der Waals surface area contributed by atoms with Crippen molar-refractivity contribution in [3.63, 3.8) is 0 Å². The molecular weight excluding hydrogens is 290 g/mol. The summed E-state index contributed by atoms with van der Waals surface area (Å²) in [4.78, 5) is 23.9. The molecule has 1 aliphatic heterocycles. The first kappa shape index (κ1) is 15.9. The molecule has 2 rings (SSSR count). The number of nitrogen functional groups attached to an aromatic ring is 1. The number of methoxy groups -OCH3 is 2. The molecule has 0 bridgehead atoms. The van der Waals surface area contributed by atoms with Gasteiger partial charge in [-0.3, -0.25) is 0 Å². The number of esters is 1. The third-order valence-electron chi connectivity index (χ3n) is 3.65. The molecule has 1 aliphatic rings. The predicted molar refractivity (Wildman–Crippen MR) is 80.0 cm³/mol. The second-order valence-electron chi connectivity index (χ2n) is 5.01. The molecule has 1 aromatic rings. The number of likely N-dealkylation sites (tertiary alicyclic amines) is 1. The number of anilines is 2. The molecule has 0 unspecified atom stereocenters. The van der Waals surface area contributed by atoms with Gasteiger partial charge in [-0.25, -0.2) is 9.59 Å². The summed E-state index contributed by atoms with van der Waals surface area (Å²) in [5.74, 6) is -0.468. The van der Waals surface area contributed by atoms with E-state index in [-0.39, 0.29) is 25.2 Å². The average molecular weight is 309 g/mol. The van der Waals surface area contributed by atoms with Gasteiger partial charge in [-0.2, -0.15) is 0 Å². The number of carbonyl (C=O) groups is 2. The summed E-state index contributed by atoms with van der Waals surface area (Å²) in [5.41, 5.74) is 7.27. The molecule has 120 valence electrons. The lowest BCUT2D eigenvalue weighted by atomic mass is 10.1. The Hall–Kier alpha value is -2.48. The van der Waals surface area contributed by atoms with E-state index in [0.717, 1.165) is 0 Å². The number of nitrogens with two attached hydrogens (primary N) is 1. The van der Waals surface area contributed by atoms with Crippen molar-refractivity contribution in [3.8, 4) is 0 Å². The van der Waals surface area contributed by atoms with E-state index in [1.807, 2.05) is 0 Å². The van der Waals surface area contributed by atoms with Crippen LogP contribution in [0.5, 0.6) is 0 Å². The first-order chi connectivity index (χ1) is 10.5. The van der Waals surface area contributed by atoms with E-state index in [1.54, 1.807) is 18.2 Å². The minimum absolute atomic E-state index is 0.253. The van der Waals surface area contributed by atoms with Crippen LogP contribution in [0.3, 0.4) is 0 Å². The van der Waals surface area contributed by atoms with Crippen molar-refractivity contribution in [1.82, 2.24) is 4.90 Å². The van der Waals surface area contributed by atoms with Crippen LogP contribution in [0.4, 0.5) is 16.2 Å². The average Bonchev–Trinajstić information content (AvgIpc) is 2.92. The standard InChI is InChI=1S/C14H19N3O5/c1-21-12-7-17(14(19)20)6-11(12)16-10-5-8(13(18)22-2)3-4-9(10)15/h3-5,11-12,16H,6-7,15H2,1-2H3,(H,19,20)/t11-,12-/m1/s1. The molecule has 8 heteroatoms. The van der Waals surface area contributed by atoms with Crippen molar-refractivity contribution >= 4 is 23.4 Å². The maximum Gasteiger partial charge on any atom is 0.407 e. The number of nitrogens with one attached hydrogen (secondary N) is 1. The molecule has 0 spiro atoms. The number of rotatable bonds is 4. The Morgan fingerprint density at radius 2 is 2.09 bits per heavy atom. The minimum atomic E-state index is -0.998. The lowest BCUT2D eigenvalue weighted by Gasteiger charge is -2.20. The van der Waals surface area contributed by atoms with Gasteiger partial charge in [0.05, 0.1) is 42.7 Å². The zero-order valence-corrected chi connectivity index (χ0v) is 12.4. The van der Waals surface area contributed by atoms with Gasteiger partial charge >= 0.3 is 12.1 Å². The Bertz CT molecular complexity index is 578. The molecule has 4 N–H and O–H groups in total. The molecule has 2 atom stereocenters. The SMILES string of the molecule is COC(=O)c1ccc(N)c(N[C@@H]2CN(C(=O)O)C[C@H]2OC)c1. The smallest absolute Gasteiger partial charge is 0.407 e. The third kappa shape index (κ3) is 3.22. The molecule has 1 aromatic carbocycles. The van der Waals surface area contributed by atoms with Crippen LogP contribution in [0, 0.1) is 0 Å². The summed E-state index contributed by atoms with van der Waals surface area (Å²) in [5, 5.41) is 12.2. The zero-order chi connectivity index (χ0) is 16.3. The van der Waals surface area contributed by atoms with Crippen LogP contribution in [-0.4, -0.2) is 61.5 Å². The maximum absolute atomic E-state index is 11.6. The van der Waals surface area contributed by atoms with E-state index >= 15 is 0 Å². The van der Waals surface area contributed by atoms with Crippen LogP contribution in [0.1, 0.15) is 10.4 Å². The highest BCUT2D eigenvalue weighted by molar-refractivity contribution is 5.92. The Labute approximate surface area is 127 Å². The highest BCUT2D eigenvalue weighted by Crippen LogP contribution is 2.25. The number of carbonyl (C=O) groups excluding carboxylic acids is 1. The number of hydrogen-bond donors (Lipinski definition) is 3. The fourth-order valence-corrected chi connectivity index (χ4v) is 2.43. The Balaban J connectivity index is 2.18. The molecule has 0 aliphatic carbocycles. The molecule has 1 saturated heterocycles. The molecule has 8 nitrogen and oxygen atoms in total. The summed E-state index contributed by atoms with van der Waals surface area (Å²) in [6.45, 7) is 0.551. The highest BCUT2D eigenvalue weighted by Gasteiger charge is 2.35. The molecule has 0 saturated carbocycles. The Kier molecular flexibility index (Phi) is 4.71. The van der Waals surface area contributed by atoms with E-state index < -0.39 is 12.1 Å². The van der Waals surface area contributed by atoms with E-state index in [4.69, 9.17) is 15.6 Å². The predicted octanol–water partition coefficient (Wildman–Crippen LogP) is 0.845. The quantitative estimate of drug-likeness (QED) is 0.558.